The summed E-state index contributed by atoms with van der Waals surface area (Å²) >= 11 is 15.9. The Bertz CT molecular complexity index is 4680. The highest BCUT2D eigenvalue weighted by Gasteiger charge is 2.54. The highest BCUT2D eigenvalue weighted by atomic mass is 79.9. The van der Waals surface area contributed by atoms with Gasteiger partial charge in [0, 0.05) is 85.2 Å². The minimum absolute atomic E-state index is 0. The maximum absolute atomic E-state index is 13.4. The molecule has 17 heteroatoms. The first-order valence-corrected chi connectivity index (χ1v) is 42.9. The number of halogens is 4. The summed E-state index contributed by atoms with van der Waals surface area (Å²) in [6.07, 6.45) is 52.3. The molecule has 0 amide bonds. The highest BCUT2D eigenvalue weighted by Crippen LogP contribution is 2.56. The molecule has 0 spiro atoms. The van der Waals surface area contributed by atoms with E-state index in [1.165, 1.54) is 115 Å². The van der Waals surface area contributed by atoms with Crippen molar-refractivity contribution in [1.29, 1.82) is 5.26 Å². The molecule has 13 nitrogen and oxygen atoms in total. The Kier molecular flexibility index (Phi) is 29.9. The number of benzene rings is 3. The first-order chi connectivity index (χ1) is 54.7. The maximum atomic E-state index is 13.4. The van der Waals surface area contributed by atoms with Crippen LogP contribution >= 0.6 is 39.1 Å². The fourth-order valence-electron chi connectivity index (χ4n) is 22.3. The molecule has 612 valence electrons. The zero-order valence-corrected chi connectivity index (χ0v) is 66.5. The summed E-state index contributed by atoms with van der Waals surface area (Å²) in [6, 6.07) is 38.0. The molecular weight excluding hydrogens is 1560 g/mol. The van der Waals surface area contributed by atoms with Crippen LogP contribution in [-0.4, -0.2) is 68.2 Å². The highest BCUT2D eigenvalue weighted by molar-refractivity contribution is 9.10. The van der Waals surface area contributed by atoms with E-state index >= 15 is 0 Å². The van der Waals surface area contributed by atoms with Crippen LogP contribution in [0.15, 0.2) is 169 Å². The molecule has 19 rings (SSSR count). The Morgan fingerprint density at radius 3 is 1.05 bits per heavy atom. The molecule has 0 radical (unpaired) electrons. The third kappa shape index (κ3) is 20.3. The van der Waals surface area contributed by atoms with Gasteiger partial charge in [0.25, 0.3) is 0 Å². The molecule has 116 heavy (non-hydrogen) atoms. The van der Waals surface area contributed by atoms with Crippen molar-refractivity contribution in [2.24, 2.45) is 94.7 Å². The molecule has 4 saturated heterocycles. The number of hydrogen-bond donors (Lipinski definition) is 0. The van der Waals surface area contributed by atoms with Gasteiger partial charge in [-0.2, -0.15) is 5.26 Å². The summed E-state index contributed by atoms with van der Waals surface area (Å²) < 4.78 is 37.1. The number of ether oxygens (including phenoxy) is 4. The number of nitrogens with zero attached hydrogens (tertiary/aromatic N) is 5. The van der Waals surface area contributed by atoms with Gasteiger partial charge in [-0.1, -0.05) is 171 Å². The van der Waals surface area contributed by atoms with Crippen LogP contribution in [0.2, 0.25) is 10.0 Å². The van der Waals surface area contributed by atoms with Crippen LogP contribution in [0.5, 0.6) is 0 Å². The second-order valence-electron chi connectivity index (χ2n) is 33.7. The number of carbonyl (C=O) groups is 4. The average molecular weight is 1670 g/mol. The number of esters is 4. The molecule has 0 bridgehead atoms. The van der Waals surface area contributed by atoms with Gasteiger partial charge in [-0.25, -0.2) is 4.39 Å². The van der Waals surface area contributed by atoms with Crippen LogP contribution in [0.1, 0.15) is 212 Å². The predicted octanol–water partition coefficient (Wildman–Crippen LogP) is 25.0. The van der Waals surface area contributed by atoms with Gasteiger partial charge in [0.2, 0.25) is 0 Å². The van der Waals surface area contributed by atoms with Crippen molar-refractivity contribution < 1.29 is 42.5 Å². The van der Waals surface area contributed by atoms with E-state index in [9.17, 15) is 23.6 Å². The normalized spacial score (nSPS) is 30.9. The molecule has 7 aromatic rings. The molecule has 0 unspecified atom stereocenters. The first kappa shape index (κ1) is 86.9. The van der Waals surface area contributed by atoms with Crippen LogP contribution in [0.3, 0.4) is 0 Å². The molecular formula is C99H115BrCl2FN5O8. The first-order valence-electron chi connectivity index (χ1n) is 41.4. The number of aromatic nitrogens is 4. The second-order valence-corrected chi connectivity index (χ2v) is 35.5. The van der Waals surface area contributed by atoms with Crippen LogP contribution in [0.4, 0.5) is 4.39 Å². The van der Waals surface area contributed by atoms with E-state index in [4.69, 9.17) is 47.4 Å². The SMILES string of the molecule is C.C.C.C.N#Cc1cccc(-c2ccc(/C=C/[C@@H]3C[C@H]4OC(=O)C[C@H]4[C@@H]4CCCC[C@H]43)nc2)c1.O=C1C[C@H]2[C@@H]3CCCC[C@H]3[C@H](/C=C/c3ccc(-c4cc(Cl)ccc4Cl)cn3)C[C@H]2O1.O=C1C[C@H]2[C@@H]3CCCC[C@H]3[C@H](/C=C/c3ccc(-c4cccc(F)c4)cn3)C[C@H]2O1.O=C1C[C@H]2[C@@H]3CCCC[C@H]3[C@H](/C=C/c3ccc(Br)cn3)C[C@H]2O1. The number of allylic oxidation sites excluding steroid dienone is 4. The Balaban J connectivity index is 0.000000142. The third-order valence-electron chi connectivity index (χ3n) is 27.5. The van der Waals surface area contributed by atoms with E-state index in [2.05, 4.69) is 96.6 Å². The molecule has 3 aromatic carbocycles. The predicted molar refractivity (Wildman–Crippen MR) is 465 cm³/mol. The lowest BCUT2D eigenvalue weighted by atomic mass is 9.60. The van der Waals surface area contributed by atoms with Crippen LogP contribution in [0, 0.1) is 112 Å². The number of nitriles is 1. The van der Waals surface area contributed by atoms with Gasteiger partial charge in [0.05, 0.1) is 60.1 Å². The molecule has 0 N–H and O–H groups in total. The Labute approximate surface area is 705 Å². The number of fused-ring (bicyclic) bond motifs is 12. The minimum Gasteiger partial charge on any atom is -0.462 e. The monoisotopic (exact) mass is 1670 g/mol. The van der Waals surface area contributed by atoms with Crippen molar-refractivity contribution in [3.8, 4) is 39.4 Å². The molecule has 20 atom stereocenters. The van der Waals surface area contributed by atoms with E-state index in [0.717, 1.165) is 86.3 Å². The van der Waals surface area contributed by atoms with Gasteiger partial charge in [0.1, 0.15) is 30.2 Å². The summed E-state index contributed by atoms with van der Waals surface area (Å²) in [6.45, 7) is 0. The molecule has 8 heterocycles. The maximum Gasteiger partial charge on any atom is 0.306 e. The van der Waals surface area contributed by atoms with Crippen LogP contribution in [0.25, 0.3) is 57.7 Å². The van der Waals surface area contributed by atoms with E-state index in [-0.39, 0.29) is 83.8 Å². The zero-order chi connectivity index (χ0) is 76.8. The molecule has 12 aliphatic rings. The van der Waals surface area contributed by atoms with Crippen molar-refractivity contribution in [3.63, 3.8) is 0 Å². The van der Waals surface area contributed by atoms with Crippen LogP contribution < -0.4 is 0 Å². The topological polar surface area (TPSA) is 181 Å². The Hall–Kier alpha value is -8.42. The lowest BCUT2D eigenvalue weighted by Crippen LogP contribution is -2.42. The van der Waals surface area contributed by atoms with Crippen molar-refractivity contribution in [3.05, 3.63) is 213 Å². The van der Waals surface area contributed by atoms with Crippen molar-refractivity contribution in [1.82, 2.24) is 19.9 Å². The molecule has 4 aliphatic heterocycles. The Morgan fingerprint density at radius 1 is 0.379 bits per heavy atom. The largest absolute Gasteiger partial charge is 0.462 e. The molecule has 4 aromatic heterocycles. The van der Waals surface area contributed by atoms with E-state index in [0.29, 0.717) is 136 Å². The lowest BCUT2D eigenvalue weighted by Gasteiger charge is -2.45. The zero-order valence-electron chi connectivity index (χ0n) is 63.4. The van der Waals surface area contributed by atoms with Crippen LogP contribution in [-0.2, 0) is 38.1 Å². The summed E-state index contributed by atoms with van der Waals surface area (Å²) in [5.41, 5.74) is 10.0. The summed E-state index contributed by atoms with van der Waals surface area (Å²) in [7, 11) is 0. The lowest BCUT2D eigenvalue weighted by molar-refractivity contribution is -0.144. The fraction of sp³-hybridized carbons (Fsp3) is 0.485. The average Bonchev–Trinajstić information content (AvgIpc) is 1.36. The fourth-order valence-corrected chi connectivity index (χ4v) is 23.0. The van der Waals surface area contributed by atoms with Crippen molar-refractivity contribution in [2.75, 3.05) is 0 Å². The van der Waals surface area contributed by atoms with Gasteiger partial charge in [-0.15, -0.1) is 0 Å². The smallest absolute Gasteiger partial charge is 0.306 e. The standard InChI is InChI=1S/C26H26N2O2.C25H25Cl2NO2.C25H26FNO2.C19H22BrNO2.4CH4/c27-15-17-4-3-5-18(12-17)20-9-11-21(28-16-20)10-8-19-13-25-24(14-26(29)30-25)23-7-2-1-6-22(19)23;26-17-7-10-23(27)21(12-17)16-6-9-18(28-14-16)8-5-15-11-24-22(13-25(29)30-24)20-4-2-1-3-19(15)20;26-19-5-3-4-16(12-19)18-9-11-20(27-15-18)10-8-17-13-24-23(14-25(28)29-24)22-7-2-1-6-21(17)22;20-13-6-8-14(21-11-13)7-5-12-9-18-17(10-19(22)23-18)16-4-2-1-3-15(12)16;;;;/h3-5,8-12,16,19,22-25H,1-2,6-7,13-14H2;5-10,12,14-15,19-20,22,24H,1-4,11,13H2;3-5,8-12,15,17,21-24H,1-2,6-7,13-14H2;5-8,11-12,15-18H,1-4,9-10H2;4*1H4/b10-8+;8-5+;10-8+;7-5+;;;;/t19-,22+,23-,24+,25-;15-,19+,20-,22+,24-;17-,21+,22-,23+,24-;12-,15+,16-,17+,18-;;;;/m1111..../s1. The number of hydrogen-bond acceptors (Lipinski definition) is 13. The van der Waals surface area contributed by atoms with E-state index in [1.54, 1.807) is 24.4 Å². The quantitative estimate of drug-likeness (QED) is 0.0882. The van der Waals surface area contributed by atoms with Gasteiger partial charge >= 0.3 is 23.9 Å². The van der Waals surface area contributed by atoms with Gasteiger partial charge in [0.15, 0.2) is 0 Å². The van der Waals surface area contributed by atoms with Crippen molar-refractivity contribution in [2.45, 2.75) is 208 Å². The molecule has 12 fully saturated rings. The number of pyridine rings is 4. The van der Waals surface area contributed by atoms with E-state index < -0.39 is 0 Å². The minimum atomic E-state index is -0.239. The molecule has 8 saturated carbocycles. The number of carbonyl (C=O) groups excluding carboxylic acids is 4. The Morgan fingerprint density at radius 2 is 0.716 bits per heavy atom. The summed E-state index contributed by atoms with van der Waals surface area (Å²) in [5.74, 6) is 8.64. The second kappa shape index (κ2) is 39.9. The van der Waals surface area contributed by atoms with Gasteiger partial charge in [-0.3, -0.25) is 39.1 Å². The summed E-state index contributed by atoms with van der Waals surface area (Å²) in [5, 5.41) is 10.4. The third-order valence-corrected chi connectivity index (χ3v) is 28.5. The van der Waals surface area contributed by atoms with Crippen molar-refractivity contribution >= 4 is 87.3 Å². The molecule has 8 aliphatic carbocycles. The number of rotatable bonds is 11. The van der Waals surface area contributed by atoms with Gasteiger partial charge in [-0.05, 0) is 272 Å². The van der Waals surface area contributed by atoms with Gasteiger partial charge < -0.3 is 18.9 Å². The van der Waals surface area contributed by atoms with E-state index in [1.807, 2.05) is 97.5 Å². The summed E-state index contributed by atoms with van der Waals surface area (Å²) in [4.78, 5) is 65.6.